The first-order valence-electron chi connectivity index (χ1n) is 8.18. The van der Waals surface area contributed by atoms with Crippen molar-refractivity contribution in [2.45, 2.75) is 6.54 Å². The first kappa shape index (κ1) is 18.3. The van der Waals surface area contributed by atoms with Gasteiger partial charge in [-0.25, -0.2) is 8.78 Å². The Balaban J connectivity index is 1.58. The van der Waals surface area contributed by atoms with Crippen LogP contribution in [0, 0.1) is 11.6 Å². The van der Waals surface area contributed by atoms with Gasteiger partial charge in [0.1, 0.15) is 11.6 Å². The molecule has 4 nitrogen and oxygen atoms in total. The van der Waals surface area contributed by atoms with Gasteiger partial charge in [0.25, 0.3) is 0 Å². The molecule has 1 amide bonds. The Labute approximate surface area is 155 Å². The van der Waals surface area contributed by atoms with Crippen molar-refractivity contribution in [2.75, 3.05) is 0 Å². The van der Waals surface area contributed by atoms with Crippen molar-refractivity contribution in [3.63, 3.8) is 0 Å². The Bertz CT molecular complexity index is 959. The lowest BCUT2D eigenvalue weighted by Crippen LogP contribution is -2.20. The van der Waals surface area contributed by atoms with Crippen LogP contribution in [0.4, 0.5) is 8.78 Å². The number of aromatic nitrogens is 1. The summed E-state index contributed by atoms with van der Waals surface area (Å²) >= 11 is 0. The number of hydrogen-bond donors (Lipinski definition) is 1. The van der Waals surface area contributed by atoms with Crippen molar-refractivity contribution in [1.82, 2.24) is 10.3 Å². The number of carbonyl (C=O) groups is 1. The minimum Gasteiger partial charge on any atom is -0.453 e. The molecule has 1 heterocycles. The lowest BCUT2D eigenvalue weighted by atomic mass is 10.2. The maximum atomic E-state index is 14.2. The fraction of sp³-hybridized carbons (Fsp3) is 0.0476. The molecule has 0 aliphatic carbocycles. The SMILES string of the molecule is O=C(/C=C/c1ccc(Oc2cccnc2)c(F)c1)NCc1cccc(F)c1. The molecule has 0 atom stereocenters. The average Bonchev–Trinajstić information content (AvgIpc) is 2.67. The number of hydrogen-bond acceptors (Lipinski definition) is 3. The smallest absolute Gasteiger partial charge is 0.244 e. The van der Waals surface area contributed by atoms with Crippen molar-refractivity contribution in [3.05, 3.63) is 95.8 Å². The van der Waals surface area contributed by atoms with Gasteiger partial charge in [0.15, 0.2) is 11.6 Å². The summed E-state index contributed by atoms with van der Waals surface area (Å²) in [6.07, 6.45) is 5.85. The summed E-state index contributed by atoms with van der Waals surface area (Å²) in [6, 6.07) is 13.7. The molecule has 0 aliphatic rings. The van der Waals surface area contributed by atoms with Crippen molar-refractivity contribution < 1.29 is 18.3 Å². The Kier molecular flexibility index (Phi) is 5.89. The van der Waals surface area contributed by atoms with Crippen molar-refractivity contribution in [1.29, 1.82) is 0 Å². The quantitative estimate of drug-likeness (QED) is 0.655. The second kappa shape index (κ2) is 8.71. The first-order valence-corrected chi connectivity index (χ1v) is 8.18. The Morgan fingerprint density at radius 2 is 2.00 bits per heavy atom. The van der Waals surface area contributed by atoms with Crippen LogP contribution in [-0.4, -0.2) is 10.9 Å². The highest BCUT2D eigenvalue weighted by atomic mass is 19.1. The topological polar surface area (TPSA) is 51.2 Å². The van der Waals surface area contributed by atoms with Crippen LogP contribution in [-0.2, 0) is 11.3 Å². The maximum absolute atomic E-state index is 14.2. The number of pyridine rings is 1. The summed E-state index contributed by atoms with van der Waals surface area (Å²) in [5.74, 6) is -0.787. The summed E-state index contributed by atoms with van der Waals surface area (Å²) in [5, 5.41) is 2.64. The summed E-state index contributed by atoms with van der Waals surface area (Å²) < 4.78 is 32.7. The Morgan fingerprint density at radius 1 is 1.11 bits per heavy atom. The molecule has 3 rings (SSSR count). The van der Waals surface area contributed by atoms with Crippen molar-refractivity contribution in [3.8, 4) is 11.5 Å². The van der Waals surface area contributed by atoms with Gasteiger partial charge in [-0.05, 0) is 53.6 Å². The number of amides is 1. The molecule has 0 aliphatic heterocycles. The number of nitrogens with one attached hydrogen (secondary N) is 1. The van der Waals surface area contributed by atoms with Crippen LogP contribution < -0.4 is 10.1 Å². The fourth-order valence-electron chi connectivity index (χ4n) is 2.30. The van der Waals surface area contributed by atoms with E-state index < -0.39 is 5.82 Å². The fourth-order valence-corrected chi connectivity index (χ4v) is 2.30. The van der Waals surface area contributed by atoms with E-state index in [9.17, 15) is 13.6 Å². The molecule has 6 heteroatoms. The number of carbonyl (C=O) groups excluding carboxylic acids is 1. The molecule has 0 bridgehead atoms. The molecule has 0 saturated carbocycles. The normalized spacial score (nSPS) is 10.7. The molecule has 0 fully saturated rings. The lowest BCUT2D eigenvalue weighted by molar-refractivity contribution is -0.116. The zero-order valence-electron chi connectivity index (χ0n) is 14.2. The molecular formula is C21H16F2N2O2. The predicted octanol–water partition coefficient (Wildman–Crippen LogP) is 4.48. The van der Waals surface area contributed by atoms with E-state index >= 15 is 0 Å². The van der Waals surface area contributed by atoms with Crippen molar-refractivity contribution >= 4 is 12.0 Å². The van der Waals surface area contributed by atoms with E-state index in [-0.39, 0.29) is 24.0 Å². The van der Waals surface area contributed by atoms with Gasteiger partial charge in [-0.3, -0.25) is 9.78 Å². The Hall–Kier alpha value is -3.54. The standard InChI is InChI=1S/C21H16F2N2O2/c22-17-4-1-3-16(11-17)13-25-21(26)9-7-15-6-8-20(19(23)12-15)27-18-5-2-10-24-14-18/h1-12,14H,13H2,(H,25,26)/b9-7+. The van der Waals surface area contributed by atoms with Crippen LogP contribution in [0.1, 0.15) is 11.1 Å². The van der Waals surface area contributed by atoms with Gasteiger partial charge < -0.3 is 10.1 Å². The molecule has 3 aromatic rings. The minimum atomic E-state index is -0.554. The number of benzene rings is 2. The van der Waals surface area contributed by atoms with E-state index in [0.29, 0.717) is 16.9 Å². The van der Waals surface area contributed by atoms with Crippen molar-refractivity contribution in [2.24, 2.45) is 0 Å². The van der Waals surface area contributed by atoms with Crippen LogP contribution in [0.2, 0.25) is 0 Å². The second-order valence-electron chi connectivity index (χ2n) is 5.66. The molecule has 1 N–H and O–H groups in total. The average molecular weight is 366 g/mol. The lowest BCUT2D eigenvalue weighted by Gasteiger charge is -2.06. The zero-order valence-corrected chi connectivity index (χ0v) is 14.2. The summed E-state index contributed by atoms with van der Waals surface area (Å²) in [5.41, 5.74) is 1.16. The Morgan fingerprint density at radius 3 is 2.74 bits per heavy atom. The van der Waals surface area contributed by atoms with E-state index in [0.717, 1.165) is 0 Å². The van der Waals surface area contributed by atoms with E-state index in [4.69, 9.17) is 4.74 Å². The van der Waals surface area contributed by atoms with E-state index in [1.807, 2.05) is 0 Å². The monoisotopic (exact) mass is 366 g/mol. The summed E-state index contributed by atoms with van der Waals surface area (Å²) in [6.45, 7) is 0.202. The van der Waals surface area contributed by atoms with E-state index in [2.05, 4.69) is 10.3 Å². The van der Waals surface area contributed by atoms with Crippen LogP contribution in [0.15, 0.2) is 73.1 Å². The third-order valence-corrected chi connectivity index (χ3v) is 3.60. The molecule has 1 aromatic heterocycles. The molecule has 27 heavy (non-hydrogen) atoms. The second-order valence-corrected chi connectivity index (χ2v) is 5.66. The van der Waals surface area contributed by atoms with Gasteiger partial charge in [0, 0.05) is 18.8 Å². The van der Waals surface area contributed by atoms with Gasteiger partial charge in [0.2, 0.25) is 5.91 Å². The summed E-state index contributed by atoms with van der Waals surface area (Å²) in [4.78, 5) is 15.7. The predicted molar refractivity (Wildman–Crippen MR) is 98.0 cm³/mol. The highest BCUT2D eigenvalue weighted by Gasteiger charge is 2.06. The van der Waals surface area contributed by atoms with E-state index in [1.54, 1.807) is 36.5 Å². The molecule has 0 radical (unpaired) electrons. The minimum absolute atomic E-state index is 0.0655. The summed E-state index contributed by atoms with van der Waals surface area (Å²) in [7, 11) is 0. The molecular weight excluding hydrogens is 350 g/mol. The van der Waals surface area contributed by atoms with Gasteiger partial charge in [0.05, 0.1) is 6.20 Å². The van der Waals surface area contributed by atoms with Crippen LogP contribution in [0.25, 0.3) is 6.08 Å². The number of halogens is 2. The van der Waals surface area contributed by atoms with Gasteiger partial charge in [-0.1, -0.05) is 18.2 Å². The number of nitrogens with zero attached hydrogens (tertiary/aromatic N) is 1. The van der Waals surface area contributed by atoms with Gasteiger partial charge in [-0.2, -0.15) is 0 Å². The molecule has 0 unspecified atom stereocenters. The largest absolute Gasteiger partial charge is 0.453 e. The maximum Gasteiger partial charge on any atom is 0.244 e. The number of ether oxygens (including phenoxy) is 1. The molecule has 2 aromatic carbocycles. The van der Waals surface area contributed by atoms with Crippen LogP contribution >= 0.6 is 0 Å². The first-order chi connectivity index (χ1) is 13.1. The molecule has 0 spiro atoms. The highest BCUT2D eigenvalue weighted by Crippen LogP contribution is 2.24. The van der Waals surface area contributed by atoms with E-state index in [1.165, 1.54) is 42.6 Å². The third-order valence-electron chi connectivity index (χ3n) is 3.60. The molecule has 136 valence electrons. The molecule has 0 saturated heterocycles. The van der Waals surface area contributed by atoms with Gasteiger partial charge in [-0.15, -0.1) is 0 Å². The van der Waals surface area contributed by atoms with Crippen LogP contribution in [0.3, 0.4) is 0 Å². The highest BCUT2D eigenvalue weighted by molar-refractivity contribution is 5.91. The van der Waals surface area contributed by atoms with Gasteiger partial charge >= 0.3 is 0 Å². The third kappa shape index (κ3) is 5.47. The van der Waals surface area contributed by atoms with Crippen LogP contribution in [0.5, 0.6) is 11.5 Å². The zero-order chi connectivity index (χ0) is 19.1. The number of rotatable bonds is 6.